The van der Waals surface area contributed by atoms with Gasteiger partial charge in [-0.25, -0.2) is 9.67 Å². The van der Waals surface area contributed by atoms with Crippen LogP contribution in [0.4, 0.5) is 10.8 Å². The second-order valence-electron chi connectivity index (χ2n) is 6.54. The first-order valence-corrected chi connectivity index (χ1v) is 10.0. The molecule has 0 saturated heterocycles. The van der Waals surface area contributed by atoms with Gasteiger partial charge in [-0.1, -0.05) is 18.2 Å². The number of nitro groups is 1. The molecule has 1 N–H and O–H groups in total. The van der Waals surface area contributed by atoms with Gasteiger partial charge in [-0.2, -0.15) is 10.2 Å². The summed E-state index contributed by atoms with van der Waals surface area (Å²) in [4.78, 5) is 15.0. The smallest absolute Gasteiger partial charge is 0.258 e. The molecule has 0 amide bonds. The molecular formula is C21H18N6O2S. The highest BCUT2D eigenvalue weighted by Gasteiger charge is 2.13. The van der Waals surface area contributed by atoms with E-state index >= 15 is 0 Å². The minimum absolute atomic E-state index is 0.0514. The first kappa shape index (κ1) is 19.5. The van der Waals surface area contributed by atoms with E-state index in [9.17, 15) is 10.1 Å². The largest absolute Gasteiger partial charge is 0.269 e. The number of aromatic nitrogens is 3. The van der Waals surface area contributed by atoms with E-state index in [1.807, 2.05) is 60.4 Å². The quantitative estimate of drug-likeness (QED) is 0.268. The van der Waals surface area contributed by atoms with Crippen molar-refractivity contribution in [3.05, 3.63) is 87.5 Å². The van der Waals surface area contributed by atoms with E-state index < -0.39 is 4.92 Å². The molecule has 0 atom stereocenters. The van der Waals surface area contributed by atoms with Crippen molar-refractivity contribution in [2.45, 2.75) is 13.8 Å². The summed E-state index contributed by atoms with van der Waals surface area (Å²) in [6.45, 7) is 3.84. The van der Waals surface area contributed by atoms with Gasteiger partial charge in [-0.3, -0.25) is 15.5 Å². The van der Waals surface area contributed by atoms with Crippen molar-refractivity contribution in [2.24, 2.45) is 5.10 Å². The molecule has 0 radical (unpaired) electrons. The highest BCUT2D eigenvalue weighted by atomic mass is 32.1. The number of benzene rings is 2. The molecule has 0 aliphatic heterocycles. The Labute approximate surface area is 176 Å². The van der Waals surface area contributed by atoms with Crippen molar-refractivity contribution >= 4 is 27.9 Å². The molecule has 150 valence electrons. The van der Waals surface area contributed by atoms with Gasteiger partial charge in [0.05, 0.1) is 33.9 Å². The number of rotatable bonds is 6. The zero-order chi connectivity index (χ0) is 21.1. The van der Waals surface area contributed by atoms with E-state index in [1.165, 1.54) is 23.5 Å². The predicted octanol–water partition coefficient (Wildman–Crippen LogP) is 5.05. The van der Waals surface area contributed by atoms with E-state index in [0.29, 0.717) is 10.8 Å². The molecule has 4 aromatic rings. The number of thiazole rings is 1. The fraction of sp³-hybridized carbons (Fsp3) is 0.0952. The van der Waals surface area contributed by atoms with Gasteiger partial charge < -0.3 is 0 Å². The van der Waals surface area contributed by atoms with Gasteiger partial charge in [0.1, 0.15) is 0 Å². The Morgan fingerprint density at radius 1 is 1.17 bits per heavy atom. The number of hydrogen-bond donors (Lipinski definition) is 1. The highest BCUT2D eigenvalue weighted by Crippen LogP contribution is 2.28. The normalized spacial score (nSPS) is 11.5. The third kappa shape index (κ3) is 3.96. The molecule has 0 saturated carbocycles. The Bertz CT molecular complexity index is 1210. The van der Waals surface area contributed by atoms with Gasteiger partial charge in [0.25, 0.3) is 5.69 Å². The summed E-state index contributed by atoms with van der Waals surface area (Å²) < 4.78 is 1.89. The van der Waals surface area contributed by atoms with E-state index in [4.69, 9.17) is 0 Å². The molecule has 0 aliphatic carbocycles. The molecule has 2 aromatic carbocycles. The maximum atomic E-state index is 10.8. The lowest BCUT2D eigenvalue weighted by molar-refractivity contribution is -0.384. The van der Waals surface area contributed by atoms with Crippen molar-refractivity contribution in [2.75, 3.05) is 5.43 Å². The maximum absolute atomic E-state index is 10.8. The lowest BCUT2D eigenvalue weighted by Gasteiger charge is -2.04. The van der Waals surface area contributed by atoms with Gasteiger partial charge in [0, 0.05) is 23.1 Å². The average Bonchev–Trinajstić information content (AvgIpc) is 3.39. The number of hydrogen-bond acceptors (Lipinski definition) is 7. The predicted molar refractivity (Wildman–Crippen MR) is 118 cm³/mol. The summed E-state index contributed by atoms with van der Waals surface area (Å²) in [7, 11) is 0. The second kappa shape index (κ2) is 8.26. The molecule has 30 heavy (non-hydrogen) atoms. The number of anilines is 1. The summed E-state index contributed by atoms with van der Waals surface area (Å²) in [5.41, 5.74) is 8.30. The third-order valence-electron chi connectivity index (χ3n) is 4.61. The van der Waals surface area contributed by atoms with Crippen LogP contribution < -0.4 is 5.43 Å². The highest BCUT2D eigenvalue weighted by molar-refractivity contribution is 7.14. The minimum Gasteiger partial charge on any atom is -0.258 e. The number of para-hydroxylation sites is 1. The summed E-state index contributed by atoms with van der Waals surface area (Å²) in [5, 5.41) is 22.2. The van der Waals surface area contributed by atoms with Gasteiger partial charge in [-0.15, -0.1) is 11.3 Å². The number of nitrogens with one attached hydrogen (secondary N) is 1. The monoisotopic (exact) mass is 418 g/mol. The van der Waals surface area contributed by atoms with Crippen LogP contribution >= 0.6 is 11.3 Å². The molecule has 0 fully saturated rings. The van der Waals surface area contributed by atoms with Crippen LogP contribution in [-0.4, -0.2) is 25.4 Å². The molecule has 0 bridgehead atoms. The fourth-order valence-corrected chi connectivity index (χ4v) is 3.61. The van der Waals surface area contributed by atoms with Crippen molar-refractivity contribution in [3.63, 3.8) is 0 Å². The molecular weight excluding hydrogens is 400 g/mol. The fourth-order valence-electron chi connectivity index (χ4n) is 2.96. The van der Waals surface area contributed by atoms with Crippen LogP contribution in [0.15, 0.2) is 71.3 Å². The topological polar surface area (TPSA) is 98.2 Å². The molecule has 0 aliphatic rings. The van der Waals surface area contributed by atoms with Crippen molar-refractivity contribution in [1.82, 2.24) is 14.8 Å². The number of nitrogens with zero attached hydrogens (tertiary/aromatic N) is 5. The first-order chi connectivity index (χ1) is 14.5. The molecule has 9 heteroatoms. The lowest BCUT2D eigenvalue weighted by atomic mass is 10.1. The molecule has 2 heterocycles. The maximum Gasteiger partial charge on any atom is 0.269 e. The Hall–Kier alpha value is -3.85. The van der Waals surface area contributed by atoms with Crippen LogP contribution in [0, 0.1) is 17.0 Å². The van der Waals surface area contributed by atoms with E-state index in [-0.39, 0.29) is 5.69 Å². The van der Waals surface area contributed by atoms with E-state index in [0.717, 1.165) is 28.2 Å². The molecule has 2 aromatic heterocycles. The van der Waals surface area contributed by atoms with Crippen LogP contribution in [-0.2, 0) is 0 Å². The van der Waals surface area contributed by atoms with Gasteiger partial charge in [-0.05, 0) is 43.7 Å². The Balaban J connectivity index is 1.50. The van der Waals surface area contributed by atoms with Crippen LogP contribution in [0.5, 0.6) is 0 Å². The van der Waals surface area contributed by atoms with Crippen molar-refractivity contribution in [1.29, 1.82) is 0 Å². The van der Waals surface area contributed by atoms with E-state index in [1.54, 1.807) is 12.1 Å². The first-order valence-electron chi connectivity index (χ1n) is 9.14. The lowest BCUT2D eigenvalue weighted by Crippen LogP contribution is -2.00. The summed E-state index contributed by atoms with van der Waals surface area (Å²) in [5.74, 6) is 0. The van der Waals surface area contributed by atoms with Gasteiger partial charge in [0.15, 0.2) is 0 Å². The van der Waals surface area contributed by atoms with Crippen LogP contribution in [0.2, 0.25) is 0 Å². The molecule has 4 rings (SSSR count). The standard InChI is InChI=1S/C21H18N6O2S/c1-14(16-8-10-18(11-9-16)27(28)29)24-25-21-23-20(13-30-21)19-12-22-26(15(19)2)17-6-4-3-5-7-17/h3-13H,1-2H3,(H,23,25)/b24-14+. The SMILES string of the molecule is C/C(=N\Nc1nc(-c2cnn(-c3ccccc3)c2C)cs1)c1ccc([N+](=O)[O-])cc1. The third-order valence-corrected chi connectivity index (χ3v) is 5.35. The second-order valence-corrected chi connectivity index (χ2v) is 7.40. The summed E-state index contributed by atoms with van der Waals surface area (Å²) in [6.07, 6.45) is 1.81. The Morgan fingerprint density at radius 3 is 2.60 bits per heavy atom. The zero-order valence-corrected chi connectivity index (χ0v) is 17.1. The van der Waals surface area contributed by atoms with Crippen molar-refractivity contribution < 1.29 is 4.92 Å². The van der Waals surface area contributed by atoms with Crippen LogP contribution in [0.1, 0.15) is 18.2 Å². The number of nitro benzene ring substituents is 1. The van der Waals surface area contributed by atoms with E-state index in [2.05, 4.69) is 20.6 Å². The zero-order valence-electron chi connectivity index (χ0n) is 16.3. The summed E-state index contributed by atoms with van der Waals surface area (Å²) in [6, 6.07) is 16.2. The Kier molecular flexibility index (Phi) is 5.36. The van der Waals surface area contributed by atoms with Crippen LogP contribution in [0.25, 0.3) is 16.9 Å². The van der Waals surface area contributed by atoms with Crippen LogP contribution in [0.3, 0.4) is 0 Å². The summed E-state index contributed by atoms with van der Waals surface area (Å²) >= 11 is 1.45. The molecule has 8 nitrogen and oxygen atoms in total. The molecule has 0 unspecified atom stereocenters. The molecule has 0 spiro atoms. The van der Waals surface area contributed by atoms with Gasteiger partial charge in [0.2, 0.25) is 5.13 Å². The average molecular weight is 418 g/mol. The van der Waals surface area contributed by atoms with Crippen molar-refractivity contribution in [3.8, 4) is 16.9 Å². The number of non-ortho nitro benzene ring substituents is 1. The number of hydrazone groups is 1. The minimum atomic E-state index is -0.423. The van der Waals surface area contributed by atoms with Gasteiger partial charge >= 0.3 is 0 Å². The Morgan fingerprint density at radius 2 is 1.90 bits per heavy atom.